The van der Waals surface area contributed by atoms with Crippen LogP contribution in [0.15, 0.2) is 60.7 Å². The minimum Gasteiger partial charge on any atom is -0.462 e. The standard InChI is InChI=1S/C28H36N2O9S/c1-3-18(2)25(29)28(34)30-40(35,36)38-17-23-27(33)26(32)22(39-23)15-16-37-24(31)14-11-19-9-12-21(13-10-19)20-7-5-4-6-8-20/h4-14,18,22-23,25-27,32-33H,3,15-17,29H2,1-2H3,(H,30,34). The number of nitrogens with one attached hydrogen (secondary N) is 1. The zero-order chi connectivity index (χ0) is 29.3. The molecular weight excluding hydrogens is 540 g/mol. The number of ether oxygens (including phenoxy) is 2. The lowest BCUT2D eigenvalue weighted by Crippen LogP contribution is -2.47. The van der Waals surface area contributed by atoms with Gasteiger partial charge in [-0.3, -0.25) is 8.98 Å². The molecule has 0 spiro atoms. The maximum atomic E-state index is 12.1. The van der Waals surface area contributed by atoms with Crippen LogP contribution in [0.25, 0.3) is 17.2 Å². The third kappa shape index (κ3) is 8.95. The summed E-state index contributed by atoms with van der Waals surface area (Å²) in [5.41, 5.74) is 8.67. The minimum atomic E-state index is -4.52. The SMILES string of the molecule is CCC(C)C(N)C(=O)NS(=O)(=O)OCC1OC(CCOC(=O)C=Cc2ccc(-c3ccccc3)cc2)C(O)C1O. The molecule has 2 aromatic rings. The Labute approximate surface area is 234 Å². The summed E-state index contributed by atoms with van der Waals surface area (Å²) in [5, 5.41) is 20.5. The van der Waals surface area contributed by atoms with E-state index in [-0.39, 0.29) is 18.9 Å². The van der Waals surface area contributed by atoms with E-state index < -0.39 is 59.2 Å². The van der Waals surface area contributed by atoms with Crippen LogP contribution in [0.3, 0.4) is 0 Å². The van der Waals surface area contributed by atoms with Crippen molar-refractivity contribution in [2.24, 2.45) is 11.7 Å². The maximum Gasteiger partial charge on any atom is 0.362 e. The lowest BCUT2D eigenvalue weighted by Gasteiger charge is -2.18. The number of hydrogen-bond donors (Lipinski definition) is 4. The van der Waals surface area contributed by atoms with Crippen LogP contribution in [0.4, 0.5) is 0 Å². The Balaban J connectivity index is 1.42. The first-order valence-electron chi connectivity index (χ1n) is 13.0. The van der Waals surface area contributed by atoms with Gasteiger partial charge in [-0.1, -0.05) is 74.9 Å². The number of benzene rings is 2. The molecule has 0 aliphatic carbocycles. The van der Waals surface area contributed by atoms with Crippen molar-refractivity contribution in [3.8, 4) is 11.1 Å². The Kier molecular flexibility index (Phi) is 11.4. The number of carbonyl (C=O) groups is 2. The van der Waals surface area contributed by atoms with Gasteiger partial charge in [0.15, 0.2) is 0 Å². The van der Waals surface area contributed by atoms with Gasteiger partial charge in [-0.05, 0) is 28.7 Å². The van der Waals surface area contributed by atoms with E-state index in [4.69, 9.17) is 19.4 Å². The second-order valence-electron chi connectivity index (χ2n) is 9.59. The first-order valence-corrected chi connectivity index (χ1v) is 14.4. The van der Waals surface area contributed by atoms with Gasteiger partial charge in [0.1, 0.15) is 18.3 Å². The van der Waals surface area contributed by atoms with Crippen molar-refractivity contribution >= 4 is 28.3 Å². The van der Waals surface area contributed by atoms with E-state index in [1.54, 1.807) is 17.7 Å². The molecule has 0 radical (unpaired) electrons. The molecule has 0 aromatic heterocycles. The number of hydrogen-bond acceptors (Lipinski definition) is 10. The zero-order valence-electron chi connectivity index (χ0n) is 22.4. The Morgan fingerprint density at radius 1 is 1.05 bits per heavy atom. The molecule has 5 N–H and O–H groups in total. The van der Waals surface area contributed by atoms with Crippen LogP contribution >= 0.6 is 0 Å². The van der Waals surface area contributed by atoms with Gasteiger partial charge in [0.05, 0.1) is 25.4 Å². The molecule has 1 aliphatic rings. The Morgan fingerprint density at radius 3 is 2.33 bits per heavy atom. The van der Waals surface area contributed by atoms with Crippen LogP contribution in [-0.2, 0) is 33.6 Å². The van der Waals surface area contributed by atoms with Crippen molar-refractivity contribution in [3.63, 3.8) is 0 Å². The van der Waals surface area contributed by atoms with E-state index in [1.165, 1.54) is 6.08 Å². The summed E-state index contributed by atoms with van der Waals surface area (Å²) in [6.45, 7) is 2.76. The minimum absolute atomic E-state index is 0.0489. The fourth-order valence-corrected chi connectivity index (χ4v) is 4.75. The molecule has 2 aromatic carbocycles. The van der Waals surface area contributed by atoms with Crippen molar-refractivity contribution in [1.82, 2.24) is 4.72 Å². The van der Waals surface area contributed by atoms with Crippen LogP contribution in [0.2, 0.25) is 0 Å². The molecule has 1 heterocycles. The third-order valence-corrected chi connectivity index (χ3v) is 7.61. The fourth-order valence-electron chi connectivity index (χ4n) is 4.00. The molecule has 1 aliphatic heterocycles. The van der Waals surface area contributed by atoms with E-state index >= 15 is 0 Å². The van der Waals surface area contributed by atoms with E-state index in [0.717, 1.165) is 16.7 Å². The van der Waals surface area contributed by atoms with Gasteiger partial charge >= 0.3 is 16.3 Å². The molecule has 40 heavy (non-hydrogen) atoms. The summed E-state index contributed by atoms with van der Waals surface area (Å²) in [5.74, 6) is -1.76. The topological polar surface area (TPSA) is 174 Å². The van der Waals surface area contributed by atoms with Gasteiger partial charge in [-0.2, -0.15) is 8.42 Å². The third-order valence-electron chi connectivity index (χ3n) is 6.71. The van der Waals surface area contributed by atoms with Gasteiger partial charge in [0.25, 0.3) is 5.91 Å². The van der Waals surface area contributed by atoms with Gasteiger partial charge in [0, 0.05) is 12.5 Å². The van der Waals surface area contributed by atoms with Crippen LogP contribution in [-0.4, -0.2) is 74.2 Å². The number of esters is 1. The van der Waals surface area contributed by atoms with Gasteiger partial charge in [-0.15, -0.1) is 0 Å². The summed E-state index contributed by atoms with van der Waals surface area (Å²) in [4.78, 5) is 24.1. The van der Waals surface area contributed by atoms with Crippen molar-refractivity contribution in [2.45, 2.75) is 57.1 Å². The Hall–Kier alpha value is -3.13. The molecule has 1 amide bonds. The van der Waals surface area contributed by atoms with Gasteiger partial charge < -0.3 is 25.4 Å². The highest BCUT2D eigenvalue weighted by Crippen LogP contribution is 2.24. The number of nitrogens with two attached hydrogens (primary N) is 1. The smallest absolute Gasteiger partial charge is 0.362 e. The molecule has 6 atom stereocenters. The highest BCUT2D eigenvalue weighted by atomic mass is 32.2. The van der Waals surface area contributed by atoms with Crippen molar-refractivity contribution < 1.29 is 41.9 Å². The second-order valence-corrected chi connectivity index (χ2v) is 10.9. The molecule has 1 saturated heterocycles. The monoisotopic (exact) mass is 576 g/mol. The summed E-state index contributed by atoms with van der Waals surface area (Å²) in [7, 11) is -4.52. The van der Waals surface area contributed by atoms with Crippen LogP contribution in [0.5, 0.6) is 0 Å². The summed E-state index contributed by atoms with van der Waals surface area (Å²) in [6.07, 6.45) is -1.41. The predicted octanol–water partition coefficient (Wildman–Crippen LogP) is 1.54. The largest absolute Gasteiger partial charge is 0.462 e. The molecule has 1 fully saturated rings. The number of aliphatic hydroxyl groups is 2. The van der Waals surface area contributed by atoms with E-state index in [2.05, 4.69) is 0 Å². The molecule has 0 bridgehead atoms. The van der Waals surface area contributed by atoms with Crippen molar-refractivity contribution in [2.75, 3.05) is 13.2 Å². The second kappa shape index (κ2) is 14.5. The molecule has 11 nitrogen and oxygen atoms in total. The molecule has 0 saturated carbocycles. The first-order chi connectivity index (χ1) is 19.0. The normalized spacial score (nSPS) is 22.6. The lowest BCUT2D eigenvalue weighted by atomic mass is 10.00. The first kappa shape index (κ1) is 31.4. The number of amides is 1. The average molecular weight is 577 g/mol. The van der Waals surface area contributed by atoms with Gasteiger partial charge in [-0.25, -0.2) is 9.52 Å². The quantitative estimate of drug-likeness (QED) is 0.202. The van der Waals surface area contributed by atoms with Gasteiger partial charge in [0.2, 0.25) is 0 Å². The van der Waals surface area contributed by atoms with Crippen LogP contribution in [0, 0.1) is 5.92 Å². The number of rotatable bonds is 13. The fraction of sp³-hybridized carbons (Fsp3) is 0.429. The summed E-state index contributed by atoms with van der Waals surface area (Å²) >= 11 is 0. The molecule has 12 heteroatoms. The Bertz CT molecular complexity index is 1250. The lowest BCUT2D eigenvalue weighted by molar-refractivity contribution is -0.139. The Morgan fingerprint density at radius 2 is 1.68 bits per heavy atom. The van der Waals surface area contributed by atoms with E-state index in [0.29, 0.717) is 6.42 Å². The number of carbonyl (C=O) groups excluding carboxylic acids is 2. The predicted molar refractivity (Wildman–Crippen MR) is 148 cm³/mol. The van der Waals surface area contributed by atoms with Crippen LogP contribution < -0.4 is 10.5 Å². The number of aliphatic hydroxyl groups excluding tert-OH is 2. The van der Waals surface area contributed by atoms with Crippen molar-refractivity contribution in [3.05, 3.63) is 66.2 Å². The molecule has 3 rings (SSSR count). The summed E-state index contributed by atoms with van der Waals surface area (Å²) in [6, 6.07) is 16.5. The zero-order valence-corrected chi connectivity index (χ0v) is 23.2. The van der Waals surface area contributed by atoms with Crippen LogP contribution in [0.1, 0.15) is 32.3 Å². The highest BCUT2D eigenvalue weighted by molar-refractivity contribution is 7.85. The molecule has 218 valence electrons. The van der Waals surface area contributed by atoms with Crippen molar-refractivity contribution in [1.29, 1.82) is 0 Å². The van der Waals surface area contributed by atoms with E-state index in [1.807, 2.05) is 61.5 Å². The molecule has 6 unspecified atom stereocenters. The summed E-state index contributed by atoms with van der Waals surface area (Å²) < 4.78 is 41.4. The van der Waals surface area contributed by atoms with E-state index in [9.17, 15) is 28.2 Å². The maximum absolute atomic E-state index is 12.1. The average Bonchev–Trinajstić information content (AvgIpc) is 3.22. The highest BCUT2D eigenvalue weighted by Gasteiger charge is 2.43. The molecular formula is C28H36N2O9S.